The first kappa shape index (κ1) is 14.9. The number of nitrogens with two attached hydrogens (primary N) is 1. The van der Waals surface area contributed by atoms with Crippen LogP contribution in [0.4, 0.5) is 5.82 Å². The van der Waals surface area contributed by atoms with Gasteiger partial charge in [0, 0.05) is 39.5 Å². The van der Waals surface area contributed by atoms with Crippen molar-refractivity contribution in [1.82, 2.24) is 4.98 Å². The zero-order valence-electron chi connectivity index (χ0n) is 11.7. The second kappa shape index (κ2) is 8.06. The first-order valence-corrected chi connectivity index (χ1v) is 6.58. The van der Waals surface area contributed by atoms with Crippen LogP contribution in [0.3, 0.4) is 0 Å². The van der Waals surface area contributed by atoms with Gasteiger partial charge in [-0.1, -0.05) is 13.0 Å². The first-order valence-electron chi connectivity index (χ1n) is 6.58. The number of nitrogens with zero attached hydrogens (tertiary/aromatic N) is 2. The van der Waals surface area contributed by atoms with Crippen LogP contribution in [-0.4, -0.2) is 38.3 Å². The summed E-state index contributed by atoms with van der Waals surface area (Å²) in [6.07, 6.45) is 4.84. The van der Waals surface area contributed by atoms with Crippen molar-refractivity contribution in [3.05, 3.63) is 23.9 Å². The van der Waals surface area contributed by atoms with Gasteiger partial charge in [0.1, 0.15) is 5.82 Å². The number of hydrogen-bond acceptors (Lipinski definition) is 4. The summed E-state index contributed by atoms with van der Waals surface area (Å²) in [6, 6.07) is 4.41. The van der Waals surface area contributed by atoms with E-state index in [1.54, 1.807) is 7.11 Å². The highest BCUT2D eigenvalue weighted by atomic mass is 16.5. The molecule has 0 saturated heterocycles. The van der Waals surface area contributed by atoms with E-state index < -0.39 is 0 Å². The fourth-order valence-electron chi connectivity index (χ4n) is 1.77. The zero-order chi connectivity index (χ0) is 13.4. The number of rotatable bonds is 8. The van der Waals surface area contributed by atoms with E-state index in [4.69, 9.17) is 10.5 Å². The van der Waals surface area contributed by atoms with Gasteiger partial charge in [0.2, 0.25) is 0 Å². The van der Waals surface area contributed by atoms with Crippen molar-refractivity contribution in [2.24, 2.45) is 5.73 Å². The van der Waals surface area contributed by atoms with Gasteiger partial charge >= 0.3 is 0 Å². The van der Waals surface area contributed by atoms with Crippen LogP contribution in [0.5, 0.6) is 0 Å². The molecule has 1 aromatic heterocycles. The maximum Gasteiger partial charge on any atom is 0.128 e. The van der Waals surface area contributed by atoms with Crippen molar-refractivity contribution < 1.29 is 4.74 Å². The molecule has 4 nitrogen and oxygen atoms in total. The molecule has 0 aromatic carbocycles. The molecule has 0 aliphatic carbocycles. The summed E-state index contributed by atoms with van der Waals surface area (Å²) in [7, 11) is 3.78. The molecular weight excluding hydrogens is 226 g/mol. The molecule has 4 heteroatoms. The van der Waals surface area contributed by atoms with Gasteiger partial charge in [-0.05, 0) is 30.9 Å². The Morgan fingerprint density at radius 1 is 1.44 bits per heavy atom. The first-order chi connectivity index (χ1) is 8.67. The van der Waals surface area contributed by atoms with E-state index in [-0.39, 0.29) is 6.04 Å². The molecule has 1 atom stereocenters. The largest absolute Gasteiger partial charge is 0.385 e. The Morgan fingerprint density at radius 2 is 2.22 bits per heavy atom. The minimum absolute atomic E-state index is 0.233. The highest BCUT2D eigenvalue weighted by molar-refractivity contribution is 5.38. The predicted molar refractivity (Wildman–Crippen MR) is 76.0 cm³/mol. The van der Waals surface area contributed by atoms with Crippen molar-refractivity contribution in [2.45, 2.75) is 32.2 Å². The van der Waals surface area contributed by atoms with E-state index in [1.165, 1.54) is 5.56 Å². The van der Waals surface area contributed by atoms with Crippen LogP contribution in [0.1, 0.15) is 25.3 Å². The highest BCUT2D eigenvalue weighted by Crippen LogP contribution is 2.11. The number of ether oxygens (including phenoxy) is 1. The molecule has 0 aliphatic rings. The quantitative estimate of drug-likeness (QED) is 0.716. The van der Waals surface area contributed by atoms with Crippen LogP contribution in [-0.2, 0) is 11.2 Å². The maximum absolute atomic E-state index is 5.93. The number of methoxy groups -OCH3 is 1. The van der Waals surface area contributed by atoms with Gasteiger partial charge < -0.3 is 15.4 Å². The lowest BCUT2D eigenvalue weighted by atomic mass is 10.1. The molecule has 2 N–H and O–H groups in total. The third kappa shape index (κ3) is 5.02. The number of pyridine rings is 1. The number of aromatic nitrogens is 1. The van der Waals surface area contributed by atoms with Crippen molar-refractivity contribution >= 4 is 5.82 Å². The molecule has 18 heavy (non-hydrogen) atoms. The Kier molecular flexibility index (Phi) is 6.68. The second-order valence-electron chi connectivity index (χ2n) is 4.67. The molecule has 1 aromatic rings. The predicted octanol–water partition coefficient (Wildman–Crippen LogP) is 1.83. The number of hydrogen-bond donors (Lipinski definition) is 1. The van der Waals surface area contributed by atoms with Crippen LogP contribution in [0.25, 0.3) is 0 Å². The van der Waals surface area contributed by atoms with E-state index in [0.29, 0.717) is 0 Å². The lowest BCUT2D eigenvalue weighted by molar-refractivity contribution is 0.196. The molecule has 0 amide bonds. The van der Waals surface area contributed by atoms with E-state index >= 15 is 0 Å². The normalized spacial score (nSPS) is 12.4. The maximum atomic E-state index is 5.93. The van der Waals surface area contributed by atoms with Gasteiger partial charge in [-0.15, -0.1) is 0 Å². The standard InChI is InChI=1S/C14H25N3O/c1-4-13(15)10-12-6-7-14(16-11-12)17(2)8-5-9-18-3/h6-7,11,13H,4-5,8-10,15H2,1-3H3. The molecule has 1 unspecified atom stereocenters. The molecule has 0 aliphatic heterocycles. The topological polar surface area (TPSA) is 51.4 Å². The molecule has 0 saturated carbocycles. The van der Waals surface area contributed by atoms with E-state index in [2.05, 4.69) is 36.0 Å². The average molecular weight is 251 g/mol. The van der Waals surface area contributed by atoms with Gasteiger partial charge in [-0.2, -0.15) is 0 Å². The van der Waals surface area contributed by atoms with Gasteiger partial charge in [-0.25, -0.2) is 4.98 Å². The summed E-state index contributed by atoms with van der Waals surface area (Å²) in [5.74, 6) is 1.000. The van der Waals surface area contributed by atoms with Crippen molar-refractivity contribution in [2.75, 3.05) is 32.2 Å². The summed E-state index contributed by atoms with van der Waals surface area (Å²) in [5, 5.41) is 0. The molecule has 1 rings (SSSR count). The third-order valence-electron chi connectivity index (χ3n) is 3.06. The van der Waals surface area contributed by atoms with Crippen LogP contribution in [0.2, 0.25) is 0 Å². The summed E-state index contributed by atoms with van der Waals surface area (Å²) in [6.45, 7) is 3.85. The molecule has 0 bridgehead atoms. The Hall–Kier alpha value is -1.13. The van der Waals surface area contributed by atoms with Gasteiger partial charge in [-0.3, -0.25) is 0 Å². The van der Waals surface area contributed by atoms with E-state index in [9.17, 15) is 0 Å². The summed E-state index contributed by atoms with van der Waals surface area (Å²) >= 11 is 0. The van der Waals surface area contributed by atoms with Crippen LogP contribution < -0.4 is 10.6 Å². The van der Waals surface area contributed by atoms with E-state index in [0.717, 1.165) is 38.2 Å². The Bertz CT molecular complexity index is 326. The SMILES string of the molecule is CCC(N)Cc1ccc(N(C)CCCOC)nc1. The van der Waals surface area contributed by atoms with E-state index in [1.807, 2.05) is 6.20 Å². The Morgan fingerprint density at radius 3 is 2.78 bits per heavy atom. The Labute approximate surface area is 110 Å². The molecular formula is C14H25N3O. The summed E-state index contributed by atoms with van der Waals surface area (Å²) in [4.78, 5) is 6.62. The van der Waals surface area contributed by atoms with Crippen LogP contribution in [0, 0.1) is 0 Å². The van der Waals surface area contributed by atoms with Gasteiger partial charge in [0.05, 0.1) is 0 Å². The van der Waals surface area contributed by atoms with Crippen molar-refractivity contribution in [3.63, 3.8) is 0 Å². The highest BCUT2D eigenvalue weighted by Gasteiger charge is 2.04. The number of anilines is 1. The fourth-order valence-corrected chi connectivity index (χ4v) is 1.77. The van der Waals surface area contributed by atoms with Crippen molar-refractivity contribution in [1.29, 1.82) is 0 Å². The zero-order valence-corrected chi connectivity index (χ0v) is 11.7. The Balaban J connectivity index is 2.48. The second-order valence-corrected chi connectivity index (χ2v) is 4.67. The summed E-state index contributed by atoms with van der Waals surface area (Å²) in [5.41, 5.74) is 7.14. The molecule has 0 spiro atoms. The fraction of sp³-hybridized carbons (Fsp3) is 0.643. The summed E-state index contributed by atoms with van der Waals surface area (Å²) < 4.78 is 5.04. The molecule has 102 valence electrons. The molecule has 1 heterocycles. The minimum Gasteiger partial charge on any atom is -0.385 e. The third-order valence-corrected chi connectivity index (χ3v) is 3.06. The van der Waals surface area contributed by atoms with Gasteiger partial charge in [0.25, 0.3) is 0 Å². The monoisotopic (exact) mass is 251 g/mol. The molecule has 0 fully saturated rings. The molecule has 0 radical (unpaired) electrons. The smallest absolute Gasteiger partial charge is 0.128 e. The minimum atomic E-state index is 0.233. The average Bonchev–Trinajstić information content (AvgIpc) is 2.39. The van der Waals surface area contributed by atoms with Crippen molar-refractivity contribution in [3.8, 4) is 0 Å². The lowest BCUT2D eigenvalue weighted by Gasteiger charge is -2.18. The van der Waals surface area contributed by atoms with Crippen LogP contribution in [0.15, 0.2) is 18.3 Å². The van der Waals surface area contributed by atoms with Gasteiger partial charge in [0.15, 0.2) is 0 Å². The van der Waals surface area contributed by atoms with Crippen LogP contribution >= 0.6 is 0 Å². The lowest BCUT2D eigenvalue weighted by Crippen LogP contribution is -2.22.